The molecule has 0 aliphatic carbocycles. The predicted octanol–water partition coefficient (Wildman–Crippen LogP) is 0.384. The molecule has 3 rings (SSSR count). The van der Waals surface area contributed by atoms with Crippen molar-refractivity contribution in [1.82, 2.24) is 24.6 Å². The lowest BCUT2D eigenvalue weighted by atomic mass is 10.3. The van der Waals surface area contributed by atoms with Gasteiger partial charge in [-0.25, -0.2) is 9.97 Å². The van der Waals surface area contributed by atoms with Crippen LogP contribution in [0.15, 0.2) is 18.6 Å². The zero-order valence-electron chi connectivity index (χ0n) is 13.3. The standard InChI is InChI=1S/C15H16N6O3/c1-20-9-11(13(19-20)23-2)15(22)21-6-3-10(8-21)24-14-12(7-16)17-4-5-18-14/h4-5,9-10H,3,6,8H2,1-2H3/t10-/m0/s1. The summed E-state index contributed by atoms with van der Waals surface area (Å²) in [5.41, 5.74) is 0.550. The number of methoxy groups -OCH3 is 1. The van der Waals surface area contributed by atoms with Crippen LogP contribution in [-0.2, 0) is 7.05 Å². The topological polar surface area (TPSA) is 106 Å². The van der Waals surface area contributed by atoms with Crippen LogP contribution < -0.4 is 9.47 Å². The van der Waals surface area contributed by atoms with Crippen molar-refractivity contribution >= 4 is 5.91 Å². The van der Waals surface area contributed by atoms with Crippen molar-refractivity contribution in [2.45, 2.75) is 12.5 Å². The second-order valence-electron chi connectivity index (χ2n) is 5.33. The molecule has 24 heavy (non-hydrogen) atoms. The molecular formula is C15H16N6O3. The zero-order chi connectivity index (χ0) is 17.1. The highest BCUT2D eigenvalue weighted by molar-refractivity contribution is 5.96. The highest BCUT2D eigenvalue weighted by atomic mass is 16.5. The Kier molecular flexibility index (Phi) is 4.29. The molecule has 2 aromatic rings. The van der Waals surface area contributed by atoms with Gasteiger partial charge in [0.15, 0.2) is 0 Å². The molecule has 1 saturated heterocycles. The Balaban J connectivity index is 1.69. The predicted molar refractivity (Wildman–Crippen MR) is 81.4 cm³/mol. The van der Waals surface area contributed by atoms with Crippen LogP contribution in [0.3, 0.4) is 0 Å². The minimum Gasteiger partial charge on any atom is -0.479 e. The quantitative estimate of drug-likeness (QED) is 0.799. The number of amides is 1. The molecule has 124 valence electrons. The van der Waals surface area contributed by atoms with Crippen molar-refractivity contribution in [3.8, 4) is 17.8 Å². The molecule has 2 aromatic heterocycles. The van der Waals surface area contributed by atoms with Gasteiger partial charge in [-0.2, -0.15) is 5.26 Å². The van der Waals surface area contributed by atoms with Gasteiger partial charge in [0.05, 0.1) is 13.7 Å². The molecule has 1 atom stereocenters. The maximum absolute atomic E-state index is 12.6. The third-order valence-corrected chi connectivity index (χ3v) is 3.70. The summed E-state index contributed by atoms with van der Waals surface area (Å²) >= 11 is 0. The van der Waals surface area contributed by atoms with E-state index >= 15 is 0 Å². The Bertz CT molecular complexity index is 797. The van der Waals surface area contributed by atoms with E-state index in [4.69, 9.17) is 14.7 Å². The molecule has 0 spiro atoms. The van der Waals surface area contributed by atoms with E-state index in [1.165, 1.54) is 24.2 Å². The van der Waals surface area contributed by atoms with Gasteiger partial charge in [0, 0.05) is 38.6 Å². The van der Waals surface area contributed by atoms with E-state index in [0.29, 0.717) is 31.0 Å². The van der Waals surface area contributed by atoms with Crippen LogP contribution in [0.1, 0.15) is 22.5 Å². The summed E-state index contributed by atoms with van der Waals surface area (Å²) in [6.45, 7) is 0.946. The first kappa shape index (κ1) is 15.7. The monoisotopic (exact) mass is 328 g/mol. The number of carbonyl (C=O) groups is 1. The zero-order valence-corrected chi connectivity index (χ0v) is 13.3. The SMILES string of the molecule is COc1nn(C)cc1C(=O)N1CC[C@H](Oc2nccnc2C#N)C1. The number of nitrogens with zero attached hydrogens (tertiary/aromatic N) is 6. The van der Waals surface area contributed by atoms with Gasteiger partial charge in [-0.3, -0.25) is 9.48 Å². The Hall–Kier alpha value is -3.15. The van der Waals surface area contributed by atoms with E-state index in [9.17, 15) is 4.79 Å². The molecule has 0 radical (unpaired) electrons. The first-order valence-corrected chi connectivity index (χ1v) is 7.37. The van der Waals surface area contributed by atoms with E-state index in [1.807, 2.05) is 6.07 Å². The summed E-state index contributed by atoms with van der Waals surface area (Å²) in [7, 11) is 3.21. The molecule has 9 heteroatoms. The second-order valence-corrected chi connectivity index (χ2v) is 5.33. The lowest BCUT2D eigenvalue weighted by Crippen LogP contribution is -2.31. The highest BCUT2D eigenvalue weighted by Crippen LogP contribution is 2.23. The fourth-order valence-corrected chi connectivity index (χ4v) is 2.59. The molecule has 1 aliphatic heterocycles. The number of aryl methyl sites for hydroxylation is 1. The molecule has 1 amide bonds. The van der Waals surface area contributed by atoms with Crippen LogP contribution in [0.5, 0.6) is 11.8 Å². The van der Waals surface area contributed by atoms with Crippen LogP contribution in [0.25, 0.3) is 0 Å². The highest BCUT2D eigenvalue weighted by Gasteiger charge is 2.31. The number of rotatable bonds is 4. The molecule has 0 saturated carbocycles. The molecule has 9 nitrogen and oxygen atoms in total. The number of ether oxygens (including phenoxy) is 2. The van der Waals surface area contributed by atoms with Crippen LogP contribution >= 0.6 is 0 Å². The number of hydrogen-bond acceptors (Lipinski definition) is 7. The van der Waals surface area contributed by atoms with Crippen molar-refractivity contribution in [3.63, 3.8) is 0 Å². The normalized spacial score (nSPS) is 16.7. The van der Waals surface area contributed by atoms with Crippen molar-refractivity contribution in [3.05, 3.63) is 29.8 Å². The van der Waals surface area contributed by atoms with Crippen molar-refractivity contribution in [2.24, 2.45) is 7.05 Å². The Labute approximate surface area is 138 Å². The number of nitriles is 1. The van der Waals surface area contributed by atoms with Gasteiger partial charge < -0.3 is 14.4 Å². The van der Waals surface area contributed by atoms with Crippen molar-refractivity contribution in [2.75, 3.05) is 20.2 Å². The molecule has 1 aliphatic rings. The van der Waals surface area contributed by atoms with Crippen LogP contribution in [0.2, 0.25) is 0 Å². The molecular weight excluding hydrogens is 312 g/mol. The Morgan fingerprint density at radius 1 is 1.38 bits per heavy atom. The smallest absolute Gasteiger partial charge is 0.261 e. The largest absolute Gasteiger partial charge is 0.479 e. The lowest BCUT2D eigenvalue weighted by molar-refractivity contribution is 0.0767. The van der Waals surface area contributed by atoms with Crippen molar-refractivity contribution in [1.29, 1.82) is 5.26 Å². The van der Waals surface area contributed by atoms with Crippen LogP contribution in [0, 0.1) is 11.3 Å². The molecule has 3 heterocycles. The average molecular weight is 328 g/mol. The molecule has 0 aromatic carbocycles. The maximum Gasteiger partial charge on any atom is 0.261 e. The third kappa shape index (κ3) is 2.99. The maximum atomic E-state index is 12.6. The summed E-state index contributed by atoms with van der Waals surface area (Å²) in [5.74, 6) is 0.330. The Morgan fingerprint density at radius 3 is 2.92 bits per heavy atom. The second kappa shape index (κ2) is 6.54. The fourth-order valence-electron chi connectivity index (χ4n) is 2.59. The van der Waals surface area contributed by atoms with E-state index in [0.717, 1.165) is 0 Å². The first-order chi connectivity index (χ1) is 11.6. The van der Waals surface area contributed by atoms with Gasteiger partial charge in [-0.1, -0.05) is 0 Å². The third-order valence-electron chi connectivity index (χ3n) is 3.70. The molecule has 0 bridgehead atoms. The van der Waals surface area contributed by atoms with E-state index in [-0.39, 0.29) is 23.6 Å². The molecule has 0 unspecified atom stereocenters. The minimum absolute atomic E-state index is 0.135. The van der Waals surface area contributed by atoms with Crippen LogP contribution in [-0.4, -0.2) is 56.9 Å². The minimum atomic E-state index is -0.236. The summed E-state index contributed by atoms with van der Waals surface area (Å²) in [5, 5.41) is 13.1. The first-order valence-electron chi connectivity index (χ1n) is 7.37. The average Bonchev–Trinajstić information content (AvgIpc) is 3.21. The summed E-state index contributed by atoms with van der Waals surface area (Å²) in [6, 6.07) is 1.94. The van der Waals surface area contributed by atoms with Gasteiger partial charge in [0.25, 0.3) is 11.8 Å². The van der Waals surface area contributed by atoms with Crippen LogP contribution in [0.4, 0.5) is 0 Å². The van der Waals surface area contributed by atoms with Gasteiger partial charge >= 0.3 is 0 Å². The number of likely N-dealkylation sites (tertiary alicyclic amines) is 1. The number of carbonyl (C=O) groups excluding carboxylic acids is 1. The number of aromatic nitrogens is 4. The van der Waals surface area contributed by atoms with Gasteiger partial charge in [0.2, 0.25) is 11.6 Å². The molecule has 0 N–H and O–H groups in total. The summed E-state index contributed by atoms with van der Waals surface area (Å²) in [6.07, 6.45) is 4.95. The van der Waals surface area contributed by atoms with E-state index < -0.39 is 0 Å². The molecule has 1 fully saturated rings. The van der Waals surface area contributed by atoms with E-state index in [1.54, 1.807) is 18.1 Å². The fraction of sp³-hybridized carbons (Fsp3) is 0.400. The van der Waals surface area contributed by atoms with E-state index in [2.05, 4.69) is 15.1 Å². The summed E-state index contributed by atoms with van der Waals surface area (Å²) < 4.78 is 12.4. The van der Waals surface area contributed by atoms with Crippen molar-refractivity contribution < 1.29 is 14.3 Å². The van der Waals surface area contributed by atoms with Gasteiger partial charge in [-0.15, -0.1) is 5.10 Å². The number of hydrogen-bond donors (Lipinski definition) is 0. The lowest BCUT2D eigenvalue weighted by Gasteiger charge is -2.16. The van der Waals surface area contributed by atoms with Gasteiger partial charge in [-0.05, 0) is 0 Å². The summed E-state index contributed by atoms with van der Waals surface area (Å²) in [4.78, 5) is 22.2. The van der Waals surface area contributed by atoms with Gasteiger partial charge in [0.1, 0.15) is 17.7 Å². The Morgan fingerprint density at radius 2 is 2.17 bits per heavy atom.